The molecule has 14 heteroatoms. The SMILES string of the molecule is NS(=O)(=O)c1ccc(NC(=S)NN=C2C(=O)N(Cc3ccc4ccccc4c3)c3ccc(OC(F)(F)F)cc32)cc1. The minimum absolute atomic E-state index is 0.0640. The Labute approximate surface area is 237 Å². The van der Waals surface area contributed by atoms with E-state index in [-0.39, 0.29) is 27.8 Å². The van der Waals surface area contributed by atoms with Gasteiger partial charge in [-0.05, 0) is 77.1 Å². The number of hydrazone groups is 1. The third-order valence-electron chi connectivity index (χ3n) is 6.06. The molecule has 210 valence electrons. The summed E-state index contributed by atoms with van der Waals surface area (Å²) in [6, 6.07) is 22.4. The van der Waals surface area contributed by atoms with E-state index < -0.39 is 28.0 Å². The van der Waals surface area contributed by atoms with Crippen LogP contribution >= 0.6 is 12.2 Å². The van der Waals surface area contributed by atoms with E-state index in [0.29, 0.717) is 11.4 Å². The monoisotopic (exact) mass is 599 g/mol. The molecular weight excluding hydrogens is 579 g/mol. The Morgan fingerprint density at radius 2 is 1.68 bits per heavy atom. The zero-order valence-corrected chi connectivity index (χ0v) is 22.5. The van der Waals surface area contributed by atoms with Crippen LogP contribution in [-0.2, 0) is 21.4 Å². The lowest BCUT2D eigenvalue weighted by atomic mass is 10.1. The third-order valence-corrected chi connectivity index (χ3v) is 7.18. The Morgan fingerprint density at radius 1 is 0.976 bits per heavy atom. The molecule has 0 fully saturated rings. The number of hydrogen-bond donors (Lipinski definition) is 3. The quantitative estimate of drug-likeness (QED) is 0.218. The Morgan fingerprint density at radius 3 is 2.37 bits per heavy atom. The molecule has 1 aliphatic heterocycles. The molecule has 5 rings (SSSR count). The number of benzene rings is 4. The van der Waals surface area contributed by atoms with Crippen LogP contribution < -0.4 is 25.5 Å². The number of nitrogens with two attached hydrogens (primary N) is 1. The molecule has 1 amide bonds. The predicted octanol–water partition coefficient (Wildman–Crippen LogP) is 4.62. The van der Waals surface area contributed by atoms with Crippen LogP contribution in [0.4, 0.5) is 24.5 Å². The first-order chi connectivity index (χ1) is 19.4. The molecule has 0 unspecified atom stereocenters. The lowest BCUT2D eigenvalue weighted by Crippen LogP contribution is -2.32. The van der Waals surface area contributed by atoms with E-state index in [9.17, 15) is 26.4 Å². The number of carbonyl (C=O) groups is 1. The molecule has 41 heavy (non-hydrogen) atoms. The van der Waals surface area contributed by atoms with Crippen LogP contribution in [0.5, 0.6) is 5.75 Å². The lowest BCUT2D eigenvalue weighted by molar-refractivity contribution is -0.274. The van der Waals surface area contributed by atoms with Crippen molar-refractivity contribution in [2.45, 2.75) is 17.8 Å². The van der Waals surface area contributed by atoms with Crippen molar-refractivity contribution in [3.63, 3.8) is 0 Å². The number of halogens is 3. The number of carbonyl (C=O) groups excluding carboxylic acids is 1. The molecule has 0 saturated carbocycles. The number of anilines is 2. The first-order valence-electron chi connectivity index (χ1n) is 11.8. The van der Waals surface area contributed by atoms with Crippen molar-refractivity contribution in [2.75, 3.05) is 10.2 Å². The second kappa shape index (κ2) is 10.8. The maximum absolute atomic E-state index is 13.5. The summed E-state index contributed by atoms with van der Waals surface area (Å²) < 4.78 is 65.6. The molecular formula is C27H20F3N5O4S2. The zero-order chi connectivity index (χ0) is 29.4. The van der Waals surface area contributed by atoms with Gasteiger partial charge in [0, 0.05) is 11.3 Å². The van der Waals surface area contributed by atoms with Crippen LogP contribution in [0.1, 0.15) is 11.1 Å². The minimum atomic E-state index is -4.93. The molecule has 0 saturated heterocycles. The number of ether oxygens (including phenoxy) is 1. The van der Waals surface area contributed by atoms with E-state index in [1.807, 2.05) is 42.5 Å². The molecule has 0 radical (unpaired) electrons. The van der Waals surface area contributed by atoms with E-state index in [2.05, 4.69) is 20.6 Å². The summed E-state index contributed by atoms with van der Waals surface area (Å²) in [7, 11) is -3.88. The van der Waals surface area contributed by atoms with Crippen molar-refractivity contribution in [1.82, 2.24) is 5.43 Å². The third kappa shape index (κ3) is 6.45. The second-order valence-electron chi connectivity index (χ2n) is 8.90. The van der Waals surface area contributed by atoms with Gasteiger partial charge in [0.1, 0.15) is 5.75 Å². The van der Waals surface area contributed by atoms with E-state index in [1.54, 1.807) is 0 Å². The van der Waals surface area contributed by atoms with Crippen LogP contribution in [0.3, 0.4) is 0 Å². The Balaban J connectivity index is 1.41. The molecule has 4 aromatic rings. The normalized spacial score (nSPS) is 14.3. The first kappa shape index (κ1) is 28.0. The van der Waals surface area contributed by atoms with Gasteiger partial charge in [-0.25, -0.2) is 13.6 Å². The Kier molecular flexibility index (Phi) is 7.38. The van der Waals surface area contributed by atoms with Gasteiger partial charge in [0.05, 0.1) is 17.1 Å². The largest absolute Gasteiger partial charge is 0.573 e. The van der Waals surface area contributed by atoms with Gasteiger partial charge in [0.2, 0.25) is 10.0 Å². The smallest absolute Gasteiger partial charge is 0.406 e. The topological polar surface area (TPSA) is 126 Å². The van der Waals surface area contributed by atoms with Crippen LogP contribution in [-0.4, -0.2) is 31.5 Å². The number of primary sulfonamides is 1. The molecule has 4 N–H and O–H groups in total. The van der Waals surface area contributed by atoms with Gasteiger partial charge in [-0.3, -0.25) is 10.2 Å². The van der Waals surface area contributed by atoms with Gasteiger partial charge in [-0.15, -0.1) is 13.2 Å². The molecule has 0 aromatic heterocycles. The highest BCUT2D eigenvalue weighted by Crippen LogP contribution is 2.35. The summed E-state index contributed by atoms with van der Waals surface area (Å²) in [5, 5.41) is 13.9. The van der Waals surface area contributed by atoms with E-state index in [0.717, 1.165) is 28.5 Å². The van der Waals surface area contributed by atoms with Gasteiger partial charge in [0.15, 0.2) is 10.8 Å². The van der Waals surface area contributed by atoms with E-state index in [1.165, 1.54) is 35.2 Å². The predicted molar refractivity (Wildman–Crippen MR) is 152 cm³/mol. The summed E-state index contributed by atoms with van der Waals surface area (Å²) in [6.45, 7) is 0.133. The van der Waals surface area contributed by atoms with Gasteiger partial charge >= 0.3 is 6.36 Å². The van der Waals surface area contributed by atoms with Crippen molar-refractivity contribution < 1.29 is 31.1 Å². The number of alkyl halides is 3. The van der Waals surface area contributed by atoms with Crippen molar-refractivity contribution in [1.29, 1.82) is 0 Å². The summed E-state index contributed by atoms with van der Waals surface area (Å²) in [5.74, 6) is -1.08. The summed E-state index contributed by atoms with van der Waals surface area (Å²) in [5.41, 5.74) is 4.00. The van der Waals surface area contributed by atoms with Gasteiger partial charge in [-0.1, -0.05) is 36.4 Å². The number of sulfonamides is 1. The Hall–Kier alpha value is -4.53. The number of amides is 1. The fourth-order valence-electron chi connectivity index (χ4n) is 4.27. The van der Waals surface area contributed by atoms with Gasteiger partial charge in [0.25, 0.3) is 5.91 Å². The van der Waals surface area contributed by atoms with Crippen LogP contribution in [0.2, 0.25) is 0 Å². The molecule has 1 aliphatic rings. The number of nitrogens with zero attached hydrogens (tertiary/aromatic N) is 2. The minimum Gasteiger partial charge on any atom is -0.406 e. The van der Waals surface area contributed by atoms with E-state index >= 15 is 0 Å². The molecule has 9 nitrogen and oxygen atoms in total. The lowest BCUT2D eigenvalue weighted by Gasteiger charge is -2.18. The van der Waals surface area contributed by atoms with Gasteiger partial charge in [-0.2, -0.15) is 5.10 Å². The molecule has 0 aliphatic carbocycles. The van der Waals surface area contributed by atoms with Gasteiger partial charge < -0.3 is 15.0 Å². The van der Waals surface area contributed by atoms with Crippen LogP contribution in [0.15, 0.2) is 94.9 Å². The molecule has 0 atom stereocenters. The first-order valence-corrected chi connectivity index (χ1v) is 13.8. The van der Waals surface area contributed by atoms with Crippen molar-refractivity contribution in [3.8, 4) is 5.75 Å². The number of rotatable bonds is 6. The molecule has 1 heterocycles. The van der Waals surface area contributed by atoms with Crippen molar-refractivity contribution in [3.05, 3.63) is 96.1 Å². The average molecular weight is 600 g/mol. The van der Waals surface area contributed by atoms with Crippen LogP contribution in [0.25, 0.3) is 10.8 Å². The highest BCUT2D eigenvalue weighted by Gasteiger charge is 2.37. The van der Waals surface area contributed by atoms with Crippen molar-refractivity contribution >= 4 is 61.1 Å². The van der Waals surface area contributed by atoms with E-state index in [4.69, 9.17) is 17.4 Å². The molecule has 0 spiro atoms. The fraction of sp³-hybridized carbons (Fsp3) is 0.0741. The highest BCUT2D eigenvalue weighted by molar-refractivity contribution is 7.89. The molecule has 4 aromatic carbocycles. The highest BCUT2D eigenvalue weighted by atomic mass is 32.2. The summed E-state index contributed by atoms with van der Waals surface area (Å²) in [6.07, 6.45) is -4.93. The fourth-order valence-corrected chi connectivity index (χ4v) is 4.95. The average Bonchev–Trinajstić information content (AvgIpc) is 3.16. The van der Waals surface area contributed by atoms with Crippen molar-refractivity contribution in [2.24, 2.45) is 10.2 Å². The molecule has 0 bridgehead atoms. The number of thiocarbonyl (C=S) groups is 1. The summed E-state index contributed by atoms with van der Waals surface area (Å²) >= 11 is 5.22. The number of hydrogen-bond acceptors (Lipinski definition) is 6. The number of fused-ring (bicyclic) bond motifs is 2. The Bertz CT molecular complexity index is 1810. The van der Waals surface area contributed by atoms with Crippen LogP contribution in [0, 0.1) is 0 Å². The zero-order valence-electron chi connectivity index (χ0n) is 20.8. The standard InChI is InChI=1S/C27H20F3N5O4S2/c28-27(29,30)39-20-9-12-23-22(14-20)24(33-34-26(40)32-19-7-10-21(11-8-19)41(31,37)38)25(36)35(23)15-16-5-6-17-3-1-2-4-18(17)13-16/h1-14H,15H2,(H2,31,37,38)(H2,32,34,40). The summed E-state index contributed by atoms with van der Waals surface area (Å²) in [4.78, 5) is 14.8. The maximum atomic E-state index is 13.5. The maximum Gasteiger partial charge on any atom is 0.573 e. The number of nitrogens with one attached hydrogen (secondary N) is 2. The second-order valence-corrected chi connectivity index (χ2v) is 10.9.